The molecule has 0 radical (unpaired) electrons. The summed E-state index contributed by atoms with van der Waals surface area (Å²) in [6.45, 7) is 4.14. The predicted octanol–water partition coefficient (Wildman–Crippen LogP) is 3.93. The number of hydrogen-bond donors (Lipinski definition) is 2. The van der Waals surface area contributed by atoms with Gasteiger partial charge in [-0.3, -0.25) is 4.79 Å². The van der Waals surface area contributed by atoms with Gasteiger partial charge in [-0.15, -0.1) is 11.3 Å². The van der Waals surface area contributed by atoms with Crippen LogP contribution in [0.5, 0.6) is 0 Å². The number of rotatable bonds is 3. The Morgan fingerprint density at radius 1 is 1.26 bits per heavy atom. The number of para-hydroxylation sites is 1. The number of aryl methyl sites for hydroxylation is 2. The molecule has 3 heterocycles. The predicted molar refractivity (Wildman–Crippen MR) is 95.5 cm³/mol. The first-order valence-electron chi connectivity index (χ1n) is 7.73. The van der Waals surface area contributed by atoms with Crippen LogP contribution in [0.15, 0.2) is 35.3 Å². The Hall–Kier alpha value is -2.40. The van der Waals surface area contributed by atoms with Gasteiger partial charge in [-0.2, -0.15) is 0 Å². The van der Waals surface area contributed by atoms with Gasteiger partial charge in [-0.1, -0.05) is 25.1 Å². The SMILES string of the molecule is CCc1c(C)sc2nc(Cc3c[nH]c4ccccc34)[nH]c(=O)c12. The van der Waals surface area contributed by atoms with Gasteiger partial charge in [0.05, 0.1) is 5.39 Å². The third kappa shape index (κ3) is 2.28. The van der Waals surface area contributed by atoms with Gasteiger partial charge in [0.1, 0.15) is 10.7 Å². The molecular formula is C18H17N3OS. The summed E-state index contributed by atoms with van der Waals surface area (Å²) in [6, 6.07) is 8.17. The average molecular weight is 323 g/mol. The average Bonchev–Trinajstić information content (AvgIpc) is 3.08. The first-order valence-corrected chi connectivity index (χ1v) is 8.55. The Kier molecular flexibility index (Phi) is 3.31. The van der Waals surface area contributed by atoms with Crippen molar-refractivity contribution in [1.29, 1.82) is 0 Å². The lowest BCUT2D eigenvalue weighted by Gasteiger charge is -2.01. The third-order valence-corrected chi connectivity index (χ3v) is 5.34. The van der Waals surface area contributed by atoms with Crippen LogP contribution in [0.3, 0.4) is 0 Å². The molecule has 0 bridgehead atoms. The molecule has 0 saturated carbocycles. The highest BCUT2D eigenvalue weighted by Gasteiger charge is 2.14. The van der Waals surface area contributed by atoms with Gasteiger partial charge in [0.15, 0.2) is 0 Å². The molecule has 0 amide bonds. The highest BCUT2D eigenvalue weighted by molar-refractivity contribution is 7.18. The minimum Gasteiger partial charge on any atom is -0.361 e. The molecule has 0 spiro atoms. The Balaban J connectivity index is 1.82. The maximum Gasteiger partial charge on any atom is 0.259 e. The standard InChI is InChI=1S/C18H17N3OS/c1-3-12-10(2)23-18-16(12)17(22)20-15(21-18)8-11-9-19-14-7-5-4-6-13(11)14/h4-7,9,19H,3,8H2,1-2H3,(H,20,21,22). The van der Waals surface area contributed by atoms with E-state index in [1.54, 1.807) is 11.3 Å². The van der Waals surface area contributed by atoms with Gasteiger partial charge < -0.3 is 9.97 Å². The highest BCUT2D eigenvalue weighted by atomic mass is 32.1. The van der Waals surface area contributed by atoms with Gasteiger partial charge in [-0.25, -0.2) is 4.98 Å². The molecule has 4 rings (SSSR count). The van der Waals surface area contributed by atoms with Crippen molar-refractivity contribution < 1.29 is 0 Å². The van der Waals surface area contributed by atoms with E-state index < -0.39 is 0 Å². The molecule has 0 aliphatic carbocycles. The fraction of sp³-hybridized carbons (Fsp3) is 0.222. The minimum atomic E-state index is -0.0222. The van der Waals surface area contributed by atoms with Crippen molar-refractivity contribution in [3.8, 4) is 0 Å². The van der Waals surface area contributed by atoms with Crippen LogP contribution < -0.4 is 5.56 Å². The summed E-state index contributed by atoms with van der Waals surface area (Å²) in [4.78, 5) is 25.4. The quantitative estimate of drug-likeness (QED) is 0.600. The fourth-order valence-corrected chi connectivity index (χ4v) is 4.32. The van der Waals surface area contributed by atoms with E-state index >= 15 is 0 Å². The van der Waals surface area contributed by atoms with E-state index in [4.69, 9.17) is 4.98 Å². The maximum atomic E-state index is 12.5. The van der Waals surface area contributed by atoms with Crippen LogP contribution in [0.25, 0.3) is 21.1 Å². The summed E-state index contributed by atoms with van der Waals surface area (Å²) in [6.07, 6.45) is 3.47. The van der Waals surface area contributed by atoms with Crippen molar-refractivity contribution in [2.24, 2.45) is 0 Å². The molecule has 0 aliphatic rings. The second kappa shape index (κ2) is 5.35. The number of nitrogens with one attached hydrogen (secondary N) is 2. The van der Waals surface area contributed by atoms with E-state index in [0.717, 1.165) is 39.1 Å². The number of benzene rings is 1. The molecule has 5 heteroatoms. The summed E-state index contributed by atoms with van der Waals surface area (Å²) in [5.41, 5.74) is 3.35. The lowest BCUT2D eigenvalue weighted by Crippen LogP contribution is -2.12. The van der Waals surface area contributed by atoms with Crippen LogP contribution in [0.4, 0.5) is 0 Å². The van der Waals surface area contributed by atoms with E-state index in [9.17, 15) is 4.79 Å². The van der Waals surface area contributed by atoms with E-state index in [2.05, 4.69) is 29.9 Å². The van der Waals surface area contributed by atoms with Crippen LogP contribution >= 0.6 is 11.3 Å². The fourth-order valence-electron chi connectivity index (χ4n) is 3.19. The van der Waals surface area contributed by atoms with Crippen molar-refractivity contribution in [3.63, 3.8) is 0 Å². The van der Waals surface area contributed by atoms with Crippen molar-refractivity contribution >= 4 is 32.5 Å². The summed E-state index contributed by atoms with van der Waals surface area (Å²) in [5.74, 6) is 0.719. The number of H-pyrrole nitrogens is 2. The zero-order valence-electron chi connectivity index (χ0n) is 13.1. The second-order valence-electron chi connectivity index (χ2n) is 5.72. The van der Waals surface area contributed by atoms with E-state index in [1.165, 1.54) is 10.3 Å². The smallest absolute Gasteiger partial charge is 0.259 e. The lowest BCUT2D eigenvalue weighted by molar-refractivity contribution is 0.979. The normalized spacial score (nSPS) is 11.6. The van der Waals surface area contributed by atoms with Gasteiger partial charge >= 0.3 is 0 Å². The Morgan fingerprint density at radius 3 is 2.91 bits per heavy atom. The molecule has 2 N–H and O–H groups in total. The molecule has 0 aliphatic heterocycles. The van der Waals surface area contributed by atoms with Crippen molar-refractivity contribution in [2.45, 2.75) is 26.7 Å². The van der Waals surface area contributed by atoms with Crippen molar-refractivity contribution in [3.05, 3.63) is 62.6 Å². The lowest BCUT2D eigenvalue weighted by atomic mass is 10.1. The molecule has 23 heavy (non-hydrogen) atoms. The number of nitrogens with zero attached hydrogens (tertiary/aromatic N) is 1. The van der Waals surface area contributed by atoms with Crippen LogP contribution in [-0.2, 0) is 12.8 Å². The van der Waals surface area contributed by atoms with Gasteiger partial charge in [0.2, 0.25) is 0 Å². The molecule has 0 unspecified atom stereocenters. The zero-order valence-corrected chi connectivity index (χ0v) is 13.9. The monoisotopic (exact) mass is 323 g/mol. The van der Waals surface area contributed by atoms with E-state index in [-0.39, 0.29) is 5.56 Å². The third-order valence-electron chi connectivity index (χ3n) is 4.30. The first-order chi connectivity index (χ1) is 11.2. The molecule has 0 fully saturated rings. The van der Waals surface area contributed by atoms with Gasteiger partial charge in [0, 0.05) is 28.4 Å². The molecule has 116 valence electrons. The molecule has 3 aromatic heterocycles. The van der Waals surface area contributed by atoms with Crippen LogP contribution in [0, 0.1) is 6.92 Å². The zero-order chi connectivity index (χ0) is 16.0. The number of aromatic amines is 2. The Morgan fingerprint density at radius 2 is 2.09 bits per heavy atom. The number of thiophene rings is 1. The number of fused-ring (bicyclic) bond motifs is 2. The first kappa shape index (κ1) is 14.2. The molecular weight excluding hydrogens is 306 g/mol. The summed E-state index contributed by atoms with van der Waals surface area (Å²) < 4.78 is 0. The van der Waals surface area contributed by atoms with Crippen LogP contribution in [0.1, 0.15) is 28.8 Å². The van der Waals surface area contributed by atoms with Gasteiger partial charge in [-0.05, 0) is 30.5 Å². The number of hydrogen-bond acceptors (Lipinski definition) is 3. The molecule has 0 saturated heterocycles. The summed E-state index contributed by atoms with van der Waals surface area (Å²) >= 11 is 1.61. The van der Waals surface area contributed by atoms with E-state index in [1.807, 2.05) is 24.4 Å². The van der Waals surface area contributed by atoms with Gasteiger partial charge in [0.25, 0.3) is 5.56 Å². The van der Waals surface area contributed by atoms with Crippen molar-refractivity contribution in [2.75, 3.05) is 0 Å². The maximum absolute atomic E-state index is 12.5. The summed E-state index contributed by atoms with van der Waals surface area (Å²) in [5, 5.41) is 1.93. The molecule has 4 aromatic rings. The number of aromatic nitrogens is 3. The Labute approximate surface area is 137 Å². The van der Waals surface area contributed by atoms with Crippen molar-refractivity contribution in [1.82, 2.24) is 15.0 Å². The van der Waals surface area contributed by atoms with E-state index in [0.29, 0.717) is 6.42 Å². The topological polar surface area (TPSA) is 61.5 Å². The van der Waals surface area contributed by atoms with Crippen LogP contribution in [-0.4, -0.2) is 15.0 Å². The van der Waals surface area contributed by atoms with Crippen LogP contribution in [0.2, 0.25) is 0 Å². The molecule has 4 nitrogen and oxygen atoms in total. The Bertz CT molecular complexity index is 1070. The largest absolute Gasteiger partial charge is 0.361 e. The highest BCUT2D eigenvalue weighted by Crippen LogP contribution is 2.27. The molecule has 0 atom stereocenters. The summed E-state index contributed by atoms with van der Waals surface area (Å²) in [7, 11) is 0. The minimum absolute atomic E-state index is 0.0222. The molecule has 1 aromatic carbocycles. The second-order valence-corrected chi connectivity index (χ2v) is 6.92.